The number of methoxy groups -OCH3 is 1. The Balaban J connectivity index is 2.95. The van der Waals surface area contributed by atoms with Crippen LogP contribution in [0.25, 0.3) is 0 Å². The molecule has 0 radical (unpaired) electrons. The lowest BCUT2D eigenvalue weighted by atomic mass is 10.1. The highest BCUT2D eigenvalue weighted by molar-refractivity contribution is 9.10. The fourth-order valence-corrected chi connectivity index (χ4v) is 1.71. The molecule has 0 amide bonds. The van der Waals surface area contributed by atoms with Crippen molar-refractivity contribution in [3.8, 4) is 5.75 Å². The first-order valence-electron chi connectivity index (χ1n) is 4.28. The molecule has 0 aromatic heterocycles. The summed E-state index contributed by atoms with van der Waals surface area (Å²) in [5.74, 6) is 0.840. The molecule has 1 rings (SSSR count). The zero-order valence-corrected chi connectivity index (χ0v) is 9.47. The Bertz CT molecular complexity index is 288. The summed E-state index contributed by atoms with van der Waals surface area (Å²) in [7, 11) is 1.65. The first kappa shape index (κ1) is 10.5. The van der Waals surface area contributed by atoms with Crippen LogP contribution in [0.15, 0.2) is 22.7 Å². The molecule has 0 aliphatic heterocycles. The fraction of sp³-hybridized carbons (Fsp3) is 0.400. The van der Waals surface area contributed by atoms with Gasteiger partial charge in [0.05, 0.1) is 11.6 Å². The Labute approximate surface area is 87.2 Å². The van der Waals surface area contributed by atoms with Crippen molar-refractivity contribution in [2.75, 3.05) is 7.11 Å². The van der Waals surface area contributed by atoms with Gasteiger partial charge in [0, 0.05) is 6.04 Å². The molecule has 1 aromatic rings. The smallest absolute Gasteiger partial charge is 0.133 e. The number of ether oxygens (including phenoxy) is 1. The lowest BCUT2D eigenvalue weighted by Crippen LogP contribution is -2.08. The fourth-order valence-electron chi connectivity index (χ4n) is 1.15. The summed E-state index contributed by atoms with van der Waals surface area (Å²) in [5, 5.41) is 0. The molecule has 0 saturated heterocycles. The molecule has 0 heterocycles. The second-order valence-electron chi connectivity index (χ2n) is 2.91. The van der Waals surface area contributed by atoms with E-state index in [4.69, 9.17) is 10.5 Å². The van der Waals surface area contributed by atoms with Crippen molar-refractivity contribution in [2.45, 2.75) is 19.4 Å². The minimum absolute atomic E-state index is 0.113. The number of rotatable bonds is 3. The normalized spacial score (nSPS) is 12.6. The van der Waals surface area contributed by atoms with Crippen LogP contribution in [-0.2, 0) is 0 Å². The van der Waals surface area contributed by atoms with E-state index in [1.165, 1.54) is 0 Å². The molecule has 1 atom stereocenters. The van der Waals surface area contributed by atoms with Crippen LogP contribution in [0, 0.1) is 0 Å². The molecule has 0 fully saturated rings. The Morgan fingerprint density at radius 2 is 2.23 bits per heavy atom. The Kier molecular flexibility index (Phi) is 3.75. The van der Waals surface area contributed by atoms with Crippen LogP contribution in [0.2, 0.25) is 0 Å². The summed E-state index contributed by atoms with van der Waals surface area (Å²) < 4.78 is 6.08. The van der Waals surface area contributed by atoms with Crippen molar-refractivity contribution < 1.29 is 4.74 Å². The third kappa shape index (κ3) is 2.45. The number of halogens is 1. The van der Waals surface area contributed by atoms with E-state index in [0.717, 1.165) is 22.2 Å². The number of hydrogen-bond acceptors (Lipinski definition) is 2. The molecular weight excluding hydrogens is 230 g/mol. The molecule has 0 bridgehead atoms. The van der Waals surface area contributed by atoms with Gasteiger partial charge in [-0.2, -0.15) is 0 Å². The molecule has 0 saturated carbocycles. The largest absolute Gasteiger partial charge is 0.496 e. The molecule has 0 spiro atoms. The van der Waals surface area contributed by atoms with Gasteiger partial charge in [-0.25, -0.2) is 0 Å². The van der Waals surface area contributed by atoms with Crippen LogP contribution in [-0.4, -0.2) is 7.11 Å². The standard InChI is InChI=1S/C10H14BrNO/c1-3-9(12)7-4-5-10(13-2)8(11)6-7/h4-6,9H,3,12H2,1-2H3/t9-/m0/s1. The highest BCUT2D eigenvalue weighted by Crippen LogP contribution is 2.27. The summed E-state index contributed by atoms with van der Waals surface area (Å²) in [4.78, 5) is 0. The summed E-state index contributed by atoms with van der Waals surface area (Å²) in [6, 6.07) is 6.04. The first-order valence-corrected chi connectivity index (χ1v) is 5.07. The van der Waals surface area contributed by atoms with E-state index in [0.29, 0.717) is 0 Å². The minimum atomic E-state index is 0.113. The van der Waals surface area contributed by atoms with E-state index in [-0.39, 0.29) is 6.04 Å². The Morgan fingerprint density at radius 3 is 2.69 bits per heavy atom. The second kappa shape index (κ2) is 4.63. The van der Waals surface area contributed by atoms with Crippen LogP contribution >= 0.6 is 15.9 Å². The van der Waals surface area contributed by atoms with E-state index in [1.807, 2.05) is 18.2 Å². The van der Waals surface area contributed by atoms with Crippen molar-refractivity contribution in [3.63, 3.8) is 0 Å². The van der Waals surface area contributed by atoms with E-state index in [1.54, 1.807) is 7.11 Å². The van der Waals surface area contributed by atoms with Gasteiger partial charge in [-0.1, -0.05) is 13.0 Å². The minimum Gasteiger partial charge on any atom is -0.496 e. The topological polar surface area (TPSA) is 35.2 Å². The van der Waals surface area contributed by atoms with E-state index in [2.05, 4.69) is 22.9 Å². The molecule has 0 aliphatic rings. The molecule has 2 N–H and O–H groups in total. The molecule has 3 heteroatoms. The molecule has 2 nitrogen and oxygen atoms in total. The van der Waals surface area contributed by atoms with Crippen molar-refractivity contribution in [1.82, 2.24) is 0 Å². The van der Waals surface area contributed by atoms with Crippen LogP contribution in [0.4, 0.5) is 0 Å². The first-order chi connectivity index (χ1) is 6.19. The highest BCUT2D eigenvalue weighted by atomic mass is 79.9. The molecule has 72 valence electrons. The van der Waals surface area contributed by atoms with Gasteiger partial charge < -0.3 is 10.5 Å². The molecule has 1 aromatic carbocycles. The van der Waals surface area contributed by atoms with Crippen LogP contribution in [0.1, 0.15) is 24.9 Å². The summed E-state index contributed by atoms with van der Waals surface area (Å²) >= 11 is 3.42. The lowest BCUT2D eigenvalue weighted by molar-refractivity contribution is 0.412. The van der Waals surface area contributed by atoms with Gasteiger partial charge in [0.25, 0.3) is 0 Å². The predicted molar refractivity (Wildman–Crippen MR) is 57.9 cm³/mol. The monoisotopic (exact) mass is 243 g/mol. The van der Waals surface area contributed by atoms with Crippen molar-refractivity contribution in [2.24, 2.45) is 5.73 Å². The third-order valence-corrected chi connectivity index (χ3v) is 2.66. The van der Waals surface area contributed by atoms with Crippen molar-refractivity contribution in [1.29, 1.82) is 0 Å². The van der Waals surface area contributed by atoms with Gasteiger partial charge in [-0.05, 0) is 40.0 Å². The second-order valence-corrected chi connectivity index (χ2v) is 3.76. The van der Waals surface area contributed by atoms with E-state index >= 15 is 0 Å². The van der Waals surface area contributed by atoms with Crippen molar-refractivity contribution >= 4 is 15.9 Å². The average Bonchev–Trinajstić information content (AvgIpc) is 2.16. The zero-order chi connectivity index (χ0) is 9.84. The average molecular weight is 244 g/mol. The van der Waals surface area contributed by atoms with Crippen molar-refractivity contribution in [3.05, 3.63) is 28.2 Å². The number of benzene rings is 1. The maximum absolute atomic E-state index is 5.89. The molecule has 0 unspecified atom stereocenters. The maximum atomic E-state index is 5.89. The Hall–Kier alpha value is -0.540. The highest BCUT2D eigenvalue weighted by Gasteiger charge is 2.06. The van der Waals surface area contributed by atoms with E-state index < -0.39 is 0 Å². The summed E-state index contributed by atoms with van der Waals surface area (Å²) in [5.41, 5.74) is 7.03. The van der Waals surface area contributed by atoms with Gasteiger partial charge in [-0.15, -0.1) is 0 Å². The lowest BCUT2D eigenvalue weighted by Gasteiger charge is -2.11. The van der Waals surface area contributed by atoms with Crippen LogP contribution in [0.5, 0.6) is 5.75 Å². The predicted octanol–water partition coefficient (Wildman–Crippen LogP) is 2.87. The van der Waals surface area contributed by atoms with E-state index in [9.17, 15) is 0 Å². The molecular formula is C10H14BrNO. The zero-order valence-electron chi connectivity index (χ0n) is 7.88. The quantitative estimate of drug-likeness (QED) is 0.887. The maximum Gasteiger partial charge on any atom is 0.133 e. The van der Waals surface area contributed by atoms with Crippen LogP contribution < -0.4 is 10.5 Å². The molecule has 13 heavy (non-hydrogen) atoms. The van der Waals surface area contributed by atoms with Gasteiger partial charge >= 0.3 is 0 Å². The summed E-state index contributed by atoms with van der Waals surface area (Å²) in [6.45, 7) is 2.07. The third-order valence-electron chi connectivity index (χ3n) is 2.04. The van der Waals surface area contributed by atoms with Gasteiger partial charge in [0.15, 0.2) is 0 Å². The number of nitrogens with two attached hydrogens (primary N) is 1. The van der Waals surface area contributed by atoms with Gasteiger partial charge in [-0.3, -0.25) is 0 Å². The number of hydrogen-bond donors (Lipinski definition) is 1. The van der Waals surface area contributed by atoms with Gasteiger partial charge in [0.2, 0.25) is 0 Å². The Morgan fingerprint density at radius 1 is 1.54 bits per heavy atom. The molecule has 0 aliphatic carbocycles. The SMILES string of the molecule is CC[C@H](N)c1ccc(OC)c(Br)c1. The van der Waals surface area contributed by atoms with Crippen LogP contribution in [0.3, 0.4) is 0 Å². The van der Waals surface area contributed by atoms with Gasteiger partial charge in [0.1, 0.15) is 5.75 Å². The summed E-state index contributed by atoms with van der Waals surface area (Å²) in [6.07, 6.45) is 0.943.